The first-order valence-electron chi connectivity index (χ1n) is 9.43. The highest BCUT2D eigenvalue weighted by Gasteiger charge is 2.28. The molecule has 0 aliphatic rings. The first-order valence-corrected chi connectivity index (χ1v) is 10.9. The second-order valence-corrected chi connectivity index (χ2v) is 9.15. The van der Waals surface area contributed by atoms with Gasteiger partial charge in [0.25, 0.3) is 0 Å². The minimum Gasteiger partial charge on any atom is -0.480 e. The van der Waals surface area contributed by atoms with Crippen LogP contribution < -0.4 is 4.72 Å². The van der Waals surface area contributed by atoms with Gasteiger partial charge in [-0.05, 0) is 30.2 Å². The number of aliphatic carboxylic acids is 1. The summed E-state index contributed by atoms with van der Waals surface area (Å²) in [7, 11) is -4.07. The predicted molar refractivity (Wildman–Crippen MR) is 111 cm³/mol. The van der Waals surface area contributed by atoms with Crippen LogP contribution in [0.4, 0.5) is 0 Å². The van der Waals surface area contributed by atoms with Gasteiger partial charge in [-0.3, -0.25) is 4.79 Å². The molecule has 0 fully saturated rings. The summed E-state index contributed by atoms with van der Waals surface area (Å²) in [5.41, 5.74) is 1.95. The number of nitrogens with zero attached hydrogens (tertiary/aromatic N) is 3. The predicted octanol–water partition coefficient (Wildman–Crippen LogP) is 2.05. The number of furan rings is 1. The van der Waals surface area contributed by atoms with Crippen molar-refractivity contribution in [3.05, 3.63) is 48.3 Å². The lowest BCUT2D eigenvalue weighted by Gasteiger charge is -2.17. The van der Waals surface area contributed by atoms with E-state index in [9.17, 15) is 18.3 Å². The molecule has 0 saturated carbocycles. The third kappa shape index (κ3) is 3.90. The Balaban J connectivity index is 1.73. The van der Waals surface area contributed by atoms with Gasteiger partial charge in [0, 0.05) is 22.9 Å². The van der Waals surface area contributed by atoms with Crippen molar-refractivity contribution in [1.82, 2.24) is 19.7 Å². The van der Waals surface area contributed by atoms with Gasteiger partial charge in [0.05, 0.1) is 23.4 Å². The monoisotopic (exact) mass is 444 g/mol. The van der Waals surface area contributed by atoms with Gasteiger partial charge in [-0.1, -0.05) is 19.1 Å². The second-order valence-electron chi connectivity index (χ2n) is 7.43. The van der Waals surface area contributed by atoms with Crippen molar-refractivity contribution >= 4 is 37.9 Å². The number of carboxylic acid groups (broad SMARTS) is 1. The molecule has 10 nitrogen and oxygen atoms in total. The average Bonchev–Trinajstić information content (AvgIpc) is 3.35. The van der Waals surface area contributed by atoms with Crippen molar-refractivity contribution in [2.24, 2.45) is 5.92 Å². The molecule has 0 radical (unpaired) electrons. The Bertz CT molecular complexity index is 1390. The van der Waals surface area contributed by atoms with Gasteiger partial charge in [-0.25, -0.2) is 13.1 Å². The standard InChI is InChI=1S/C20H20N4O6S/c1-11(2)19(20(26)27)22-31(28,29)14-4-6-16-15-5-3-13(7-17(15)30-18(16)8-14)24-9-12(10-25)21-23-24/h3-9,11,19,22,25H,10H2,1-2H3,(H,26,27)/t19-/m1/s1. The Morgan fingerprint density at radius 2 is 1.84 bits per heavy atom. The van der Waals surface area contributed by atoms with Crippen molar-refractivity contribution in [1.29, 1.82) is 0 Å². The molecule has 0 saturated heterocycles. The van der Waals surface area contributed by atoms with E-state index in [1.165, 1.54) is 16.8 Å². The Morgan fingerprint density at radius 1 is 1.16 bits per heavy atom. The van der Waals surface area contributed by atoms with Crippen molar-refractivity contribution in [3.63, 3.8) is 0 Å². The van der Waals surface area contributed by atoms with Crippen LogP contribution in [0.15, 0.2) is 51.9 Å². The molecular weight excluding hydrogens is 424 g/mol. The van der Waals surface area contributed by atoms with E-state index in [4.69, 9.17) is 9.52 Å². The van der Waals surface area contributed by atoms with Crippen LogP contribution in [0.1, 0.15) is 19.5 Å². The lowest BCUT2D eigenvalue weighted by Crippen LogP contribution is -2.44. The first kappa shape index (κ1) is 21.0. The summed E-state index contributed by atoms with van der Waals surface area (Å²) in [6.45, 7) is 3.03. The number of aromatic nitrogens is 3. The molecule has 4 rings (SSSR count). The SMILES string of the molecule is CC(C)[C@@H](NS(=O)(=O)c1ccc2c(c1)oc1cc(-n3cc(CO)nn3)ccc12)C(=O)O. The number of fused-ring (bicyclic) bond motifs is 3. The van der Waals surface area contributed by atoms with Gasteiger partial charge in [-0.2, -0.15) is 4.72 Å². The molecule has 2 heterocycles. The minimum absolute atomic E-state index is 0.0879. The van der Waals surface area contributed by atoms with Crippen LogP contribution in [0.3, 0.4) is 0 Å². The van der Waals surface area contributed by atoms with E-state index in [0.717, 1.165) is 5.39 Å². The molecular formula is C20H20N4O6S. The largest absolute Gasteiger partial charge is 0.480 e. The second kappa shape index (κ2) is 7.76. The highest BCUT2D eigenvalue weighted by Crippen LogP contribution is 2.31. The van der Waals surface area contributed by atoms with E-state index >= 15 is 0 Å². The molecule has 0 aliphatic heterocycles. The van der Waals surface area contributed by atoms with Gasteiger partial charge in [-0.15, -0.1) is 5.10 Å². The number of sulfonamides is 1. The van der Waals surface area contributed by atoms with Crippen molar-refractivity contribution in [2.45, 2.75) is 31.4 Å². The number of rotatable bonds is 7. The molecule has 0 spiro atoms. The summed E-state index contributed by atoms with van der Waals surface area (Å²) < 4.78 is 35.0. The zero-order chi connectivity index (χ0) is 22.3. The van der Waals surface area contributed by atoms with Crippen LogP contribution >= 0.6 is 0 Å². The summed E-state index contributed by atoms with van der Waals surface area (Å²) in [6.07, 6.45) is 1.59. The van der Waals surface area contributed by atoms with E-state index in [0.29, 0.717) is 27.9 Å². The van der Waals surface area contributed by atoms with E-state index in [1.54, 1.807) is 38.2 Å². The number of aliphatic hydroxyl groups is 1. The van der Waals surface area contributed by atoms with Crippen LogP contribution in [-0.4, -0.2) is 45.6 Å². The van der Waals surface area contributed by atoms with Crippen LogP contribution in [0.5, 0.6) is 0 Å². The number of carboxylic acids is 1. The number of nitrogens with one attached hydrogen (secondary N) is 1. The van der Waals surface area contributed by atoms with E-state index in [-0.39, 0.29) is 11.5 Å². The summed E-state index contributed by atoms with van der Waals surface area (Å²) in [5.74, 6) is -1.67. The summed E-state index contributed by atoms with van der Waals surface area (Å²) in [5, 5.41) is 27.7. The highest BCUT2D eigenvalue weighted by molar-refractivity contribution is 7.89. The van der Waals surface area contributed by atoms with Gasteiger partial charge in [0.15, 0.2) is 0 Å². The fraction of sp³-hybridized carbons (Fsp3) is 0.250. The number of hydrogen-bond acceptors (Lipinski definition) is 7. The smallest absolute Gasteiger partial charge is 0.322 e. The van der Waals surface area contributed by atoms with E-state index < -0.39 is 28.0 Å². The van der Waals surface area contributed by atoms with Gasteiger partial charge in [0.2, 0.25) is 10.0 Å². The van der Waals surface area contributed by atoms with Crippen LogP contribution in [0.2, 0.25) is 0 Å². The molecule has 2 aromatic heterocycles. The summed E-state index contributed by atoms with van der Waals surface area (Å²) >= 11 is 0. The normalized spacial score (nSPS) is 13.3. The fourth-order valence-electron chi connectivity index (χ4n) is 3.26. The minimum atomic E-state index is -4.07. The Labute approximate surface area is 177 Å². The van der Waals surface area contributed by atoms with E-state index in [1.807, 2.05) is 6.07 Å². The van der Waals surface area contributed by atoms with Gasteiger partial charge >= 0.3 is 5.97 Å². The van der Waals surface area contributed by atoms with Gasteiger partial charge in [0.1, 0.15) is 22.9 Å². The third-order valence-corrected chi connectivity index (χ3v) is 6.36. The molecule has 162 valence electrons. The maximum atomic E-state index is 12.7. The molecule has 0 unspecified atom stereocenters. The van der Waals surface area contributed by atoms with Crippen molar-refractivity contribution in [2.75, 3.05) is 0 Å². The third-order valence-electron chi connectivity index (χ3n) is 4.92. The molecule has 1 atom stereocenters. The molecule has 31 heavy (non-hydrogen) atoms. The number of hydrogen-bond donors (Lipinski definition) is 3. The van der Waals surface area contributed by atoms with E-state index in [2.05, 4.69) is 15.0 Å². The first-order chi connectivity index (χ1) is 14.7. The lowest BCUT2D eigenvalue weighted by atomic mass is 10.1. The molecule has 3 N–H and O–H groups in total. The molecule has 2 aromatic carbocycles. The molecule has 0 amide bonds. The molecule has 0 aliphatic carbocycles. The molecule has 0 bridgehead atoms. The maximum absolute atomic E-state index is 12.7. The Morgan fingerprint density at radius 3 is 2.45 bits per heavy atom. The maximum Gasteiger partial charge on any atom is 0.322 e. The summed E-state index contributed by atoms with van der Waals surface area (Å²) in [4.78, 5) is 11.3. The zero-order valence-electron chi connectivity index (χ0n) is 16.7. The highest BCUT2D eigenvalue weighted by atomic mass is 32.2. The lowest BCUT2D eigenvalue weighted by molar-refractivity contribution is -0.140. The van der Waals surface area contributed by atoms with Crippen LogP contribution in [0.25, 0.3) is 27.6 Å². The van der Waals surface area contributed by atoms with Crippen molar-refractivity contribution < 1.29 is 27.8 Å². The van der Waals surface area contributed by atoms with Crippen molar-refractivity contribution in [3.8, 4) is 5.69 Å². The quantitative estimate of drug-likeness (QED) is 0.392. The Hall–Kier alpha value is -3.28. The number of carbonyl (C=O) groups is 1. The fourth-order valence-corrected chi connectivity index (χ4v) is 4.61. The number of benzene rings is 2. The molecule has 4 aromatic rings. The van der Waals surface area contributed by atoms with Gasteiger partial charge < -0.3 is 14.6 Å². The van der Waals surface area contributed by atoms with Crippen LogP contribution in [0, 0.1) is 5.92 Å². The molecule has 11 heteroatoms. The Kier molecular flexibility index (Phi) is 5.25. The van der Waals surface area contributed by atoms with Crippen LogP contribution in [-0.2, 0) is 21.4 Å². The average molecular weight is 444 g/mol. The summed E-state index contributed by atoms with van der Waals surface area (Å²) in [6, 6.07) is 8.53. The zero-order valence-corrected chi connectivity index (χ0v) is 17.5. The number of aliphatic hydroxyl groups excluding tert-OH is 1. The topological polar surface area (TPSA) is 148 Å².